The summed E-state index contributed by atoms with van der Waals surface area (Å²) in [6.07, 6.45) is 9.82. The summed E-state index contributed by atoms with van der Waals surface area (Å²) in [6.45, 7) is 0. The van der Waals surface area contributed by atoms with Gasteiger partial charge in [0, 0.05) is 24.4 Å². The lowest BCUT2D eigenvalue weighted by molar-refractivity contribution is 0.0962. The molecule has 198 valence electrons. The highest BCUT2D eigenvalue weighted by molar-refractivity contribution is 5.98. The highest BCUT2D eigenvalue weighted by atomic mass is 16.5. The molecular weight excluding hydrogens is 494 g/mol. The average Bonchev–Trinajstić information content (AvgIpc) is 3.76. The van der Waals surface area contributed by atoms with Crippen molar-refractivity contribution in [3.05, 3.63) is 66.7 Å². The Morgan fingerprint density at radius 1 is 1.03 bits per heavy atom. The Kier molecular flexibility index (Phi) is 6.58. The van der Waals surface area contributed by atoms with Crippen LogP contribution in [0.1, 0.15) is 36.0 Å². The van der Waals surface area contributed by atoms with Crippen molar-refractivity contribution in [3.8, 4) is 34.0 Å². The van der Waals surface area contributed by atoms with Gasteiger partial charge in [-0.25, -0.2) is 4.98 Å². The largest absolute Gasteiger partial charge is 0.495 e. The molecule has 1 saturated carbocycles. The van der Waals surface area contributed by atoms with E-state index >= 15 is 0 Å². The van der Waals surface area contributed by atoms with Crippen LogP contribution in [0, 0.1) is 0 Å². The monoisotopic (exact) mass is 523 g/mol. The molecule has 10 heteroatoms. The van der Waals surface area contributed by atoms with Gasteiger partial charge in [-0.15, -0.1) is 0 Å². The molecule has 0 atom stereocenters. The number of imidazole rings is 1. The van der Waals surface area contributed by atoms with Gasteiger partial charge in [0.15, 0.2) is 0 Å². The number of hydrogen-bond donors (Lipinski definition) is 4. The Hall–Kier alpha value is -4.86. The van der Waals surface area contributed by atoms with Crippen LogP contribution in [0.3, 0.4) is 0 Å². The molecule has 6 rings (SSSR count). The minimum absolute atomic E-state index is 0.114. The number of carbonyl (C=O) groups is 1. The molecule has 0 unspecified atom stereocenters. The number of H-pyrrole nitrogens is 2. The van der Waals surface area contributed by atoms with Crippen molar-refractivity contribution in [2.75, 3.05) is 19.5 Å². The number of rotatable bonds is 8. The summed E-state index contributed by atoms with van der Waals surface area (Å²) < 4.78 is 12.0. The molecule has 1 fully saturated rings. The van der Waals surface area contributed by atoms with E-state index in [4.69, 9.17) is 19.4 Å². The number of aromatic amines is 2. The molecule has 3 aromatic heterocycles. The fourth-order valence-corrected chi connectivity index (χ4v) is 4.98. The highest BCUT2D eigenvalue weighted by Crippen LogP contribution is 2.38. The molecule has 0 aliphatic heterocycles. The van der Waals surface area contributed by atoms with Gasteiger partial charge in [0.05, 0.1) is 36.4 Å². The first kappa shape index (κ1) is 24.5. The van der Waals surface area contributed by atoms with Crippen LogP contribution < -0.4 is 20.1 Å². The van der Waals surface area contributed by atoms with Crippen molar-refractivity contribution in [1.29, 1.82) is 0 Å². The van der Waals surface area contributed by atoms with E-state index in [1.165, 1.54) is 0 Å². The number of methoxy groups -OCH3 is 1. The second-order valence-electron chi connectivity index (χ2n) is 9.46. The normalized spacial score (nSPS) is 13.5. The molecule has 10 nitrogen and oxygen atoms in total. The van der Waals surface area contributed by atoms with E-state index in [1.54, 1.807) is 44.9 Å². The molecule has 0 bridgehead atoms. The van der Waals surface area contributed by atoms with Gasteiger partial charge in [-0.05, 0) is 55.0 Å². The van der Waals surface area contributed by atoms with Crippen molar-refractivity contribution in [2.45, 2.75) is 31.8 Å². The van der Waals surface area contributed by atoms with Crippen LogP contribution >= 0.6 is 0 Å². The smallest absolute Gasteiger partial charge is 0.251 e. The topological polar surface area (TPSA) is 130 Å². The third-order valence-electron chi connectivity index (χ3n) is 7.02. The minimum Gasteiger partial charge on any atom is -0.495 e. The second kappa shape index (κ2) is 10.5. The number of carbonyl (C=O) groups excluding carboxylic acids is 1. The Morgan fingerprint density at radius 3 is 2.54 bits per heavy atom. The quantitative estimate of drug-likeness (QED) is 0.213. The van der Waals surface area contributed by atoms with E-state index in [0.29, 0.717) is 34.5 Å². The summed E-state index contributed by atoms with van der Waals surface area (Å²) in [4.78, 5) is 32.2. The standard InChI is InChI=1S/C29H29N7O3/c1-30-27(37)19-11-12-22(24(13-19)38-2)34-29-35-26-25(28(36-29)39-20-5-3-4-6-20)21(14-32-26)17-7-9-18(10-8-17)23-15-31-16-33-23/h7-16,20H,3-6H2,1-2H3,(H,30,37)(H,31,33)(H2,32,34,35,36). The van der Waals surface area contributed by atoms with E-state index < -0.39 is 0 Å². The first-order chi connectivity index (χ1) is 19.1. The van der Waals surface area contributed by atoms with Crippen molar-refractivity contribution >= 4 is 28.6 Å². The van der Waals surface area contributed by atoms with Crippen LogP contribution in [0.4, 0.5) is 11.6 Å². The fourth-order valence-electron chi connectivity index (χ4n) is 4.98. The zero-order valence-corrected chi connectivity index (χ0v) is 21.7. The Morgan fingerprint density at radius 2 is 1.82 bits per heavy atom. The van der Waals surface area contributed by atoms with Crippen LogP contribution in [-0.2, 0) is 0 Å². The number of ether oxygens (including phenoxy) is 2. The second-order valence-corrected chi connectivity index (χ2v) is 9.46. The van der Waals surface area contributed by atoms with Crippen molar-refractivity contribution < 1.29 is 14.3 Å². The number of anilines is 2. The SMILES string of the molecule is CNC(=O)c1ccc(Nc2nc(OC3CCCC3)c3c(-c4ccc(-c5cnc[nH]5)cc4)c[nH]c3n2)c(OC)c1. The summed E-state index contributed by atoms with van der Waals surface area (Å²) in [5, 5.41) is 6.71. The molecule has 1 aliphatic rings. The predicted octanol–water partition coefficient (Wildman–Crippen LogP) is 5.45. The number of nitrogens with zero attached hydrogens (tertiary/aromatic N) is 3. The molecule has 39 heavy (non-hydrogen) atoms. The molecule has 1 amide bonds. The lowest BCUT2D eigenvalue weighted by Gasteiger charge is -2.16. The molecule has 0 spiro atoms. The third kappa shape index (κ3) is 4.88. The van der Waals surface area contributed by atoms with Crippen LogP contribution in [0.25, 0.3) is 33.4 Å². The van der Waals surface area contributed by atoms with Crippen LogP contribution in [-0.4, -0.2) is 51.1 Å². The molecular formula is C29H29N7O3. The molecule has 4 N–H and O–H groups in total. The van der Waals surface area contributed by atoms with E-state index in [-0.39, 0.29) is 12.0 Å². The first-order valence-electron chi connectivity index (χ1n) is 12.9. The van der Waals surface area contributed by atoms with Gasteiger partial charge in [0.1, 0.15) is 17.5 Å². The zero-order chi connectivity index (χ0) is 26.8. The Balaban J connectivity index is 1.38. The molecule has 1 aliphatic carbocycles. The number of benzene rings is 2. The van der Waals surface area contributed by atoms with Gasteiger partial charge in [-0.3, -0.25) is 4.79 Å². The highest BCUT2D eigenvalue weighted by Gasteiger charge is 2.23. The molecule has 5 aromatic rings. The van der Waals surface area contributed by atoms with Crippen LogP contribution in [0.15, 0.2) is 61.2 Å². The van der Waals surface area contributed by atoms with Gasteiger partial charge in [-0.2, -0.15) is 9.97 Å². The predicted molar refractivity (Wildman–Crippen MR) is 149 cm³/mol. The maximum absolute atomic E-state index is 12.1. The first-order valence-corrected chi connectivity index (χ1v) is 12.9. The lowest BCUT2D eigenvalue weighted by Crippen LogP contribution is -2.17. The number of aromatic nitrogens is 5. The maximum Gasteiger partial charge on any atom is 0.251 e. The Labute approximate surface area is 225 Å². The van der Waals surface area contributed by atoms with Gasteiger partial charge >= 0.3 is 0 Å². The van der Waals surface area contributed by atoms with Crippen LogP contribution in [0.2, 0.25) is 0 Å². The van der Waals surface area contributed by atoms with E-state index in [9.17, 15) is 4.79 Å². The summed E-state index contributed by atoms with van der Waals surface area (Å²) in [6, 6.07) is 13.4. The number of hydrogen-bond acceptors (Lipinski definition) is 7. The maximum atomic E-state index is 12.1. The molecule has 0 saturated heterocycles. The van der Waals surface area contributed by atoms with Gasteiger partial charge in [-0.1, -0.05) is 24.3 Å². The minimum atomic E-state index is -0.193. The van der Waals surface area contributed by atoms with Gasteiger partial charge in [0.25, 0.3) is 5.91 Å². The fraction of sp³-hybridized carbons (Fsp3) is 0.241. The Bertz CT molecular complexity index is 1600. The average molecular weight is 524 g/mol. The van der Waals surface area contributed by atoms with Gasteiger partial charge < -0.3 is 30.1 Å². The summed E-state index contributed by atoms with van der Waals surface area (Å²) in [5.41, 5.74) is 5.80. The van der Waals surface area contributed by atoms with Crippen molar-refractivity contribution in [1.82, 2.24) is 30.2 Å². The van der Waals surface area contributed by atoms with E-state index in [2.05, 4.69) is 49.9 Å². The number of nitrogens with one attached hydrogen (secondary N) is 4. The molecule has 0 radical (unpaired) electrons. The lowest BCUT2D eigenvalue weighted by atomic mass is 10.0. The van der Waals surface area contributed by atoms with Crippen molar-refractivity contribution in [3.63, 3.8) is 0 Å². The third-order valence-corrected chi connectivity index (χ3v) is 7.02. The summed E-state index contributed by atoms with van der Waals surface area (Å²) in [7, 11) is 3.15. The van der Waals surface area contributed by atoms with Crippen LogP contribution in [0.5, 0.6) is 11.6 Å². The van der Waals surface area contributed by atoms with Gasteiger partial charge in [0.2, 0.25) is 11.8 Å². The zero-order valence-electron chi connectivity index (χ0n) is 21.7. The molecule has 2 aromatic carbocycles. The van der Waals surface area contributed by atoms with Crippen molar-refractivity contribution in [2.24, 2.45) is 0 Å². The summed E-state index contributed by atoms with van der Waals surface area (Å²) in [5.74, 6) is 1.21. The van der Waals surface area contributed by atoms with E-state index in [0.717, 1.165) is 53.5 Å². The number of fused-ring (bicyclic) bond motifs is 1. The number of amides is 1. The summed E-state index contributed by atoms with van der Waals surface area (Å²) >= 11 is 0. The molecule has 3 heterocycles. The van der Waals surface area contributed by atoms with E-state index in [1.807, 2.05) is 6.20 Å².